The molecular formula is C18H21N3O. The van der Waals surface area contributed by atoms with E-state index in [0.717, 1.165) is 25.2 Å². The first-order valence-electron chi connectivity index (χ1n) is 8.11. The van der Waals surface area contributed by atoms with Crippen molar-refractivity contribution in [2.45, 2.75) is 44.2 Å². The molecule has 0 aliphatic heterocycles. The molecule has 2 bridgehead atoms. The van der Waals surface area contributed by atoms with Gasteiger partial charge in [-0.05, 0) is 43.6 Å². The molecule has 2 aromatic rings. The SMILES string of the molecule is O=C(NC12CCC(CC1)C2)c1cnn(Cc2ccccc2)c1. The van der Waals surface area contributed by atoms with Crippen molar-refractivity contribution in [1.29, 1.82) is 0 Å². The Kier molecular flexibility index (Phi) is 3.25. The second-order valence-corrected chi connectivity index (χ2v) is 6.79. The van der Waals surface area contributed by atoms with Gasteiger partial charge in [0.1, 0.15) is 0 Å². The molecule has 4 rings (SSSR count). The monoisotopic (exact) mass is 295 g/mol. The van der Waals surface area contributed by atoms with E-state index in [4.69, 9.17) is 0 Å². The Morgan fingerprint density at radius 3 is 2.73 bits per heavy atom. The van der Waals surface area contributed by atoms with Gasteiger partial charge in [-0.1, -0.05) is 30.3 Å². The zero-order valence-corrected chi connectivity index (χ0v) is 12.7. The van der Waals surface area contributed by atoms with Gasteiger partial charge >= 0.3 is 0 Å². The molecule has 1 aromatic carbocycles. The summed E-state index contributed by atoms with van der Waals surface area (Å²) in [4.78, 5) is 12.5. The van der Waals surface area contributed by atoms with Crippen LogP contribution >= 0.6 is 0 Å². The smallest absolute Gasteiger partial charge is 0.254 e. The number of nitrogens with zero attached hydrogens (tertiary/aromatic N) is 2. The van der Waals surface area contributed by atoms with Crippen LogP contribution < -0.4 is 5.32 Å². The highest BCUT2D eigenvalue weighted by Gasteiger charge is 2.45. The van der Waals surface area contributed by atoms with E-state index in [1.807, 2.05) is 29.1 Å². The van der Waals surface area contributed by atoms with Gasteiger partial charge in [0.2, 0.25) is 0 Å². The van der Waals surface area contributed by atoms with Crippen LogP contribution in [-0.2, 0) is 6.54 Å². The van der Waals surface area contributed by atoms with Crippen molar-refractivity contribution in [2.24, 2.45) is 5.92 Å². The topological polar surface area (TPSA) is 46.9 Å². The van der Waals surface area contributed by atoms with Gasteiger partial charge in [0.05, 0.1) is 18.3 Å². The summed E-state index contributed by atoms with van der Waals surface area (Å²) in [7, 11) is 0. The number of carbonyl (C=O) groups is 1. The van der Waals surface area contributed by atoms with E-state index < -0.39 is 0 Å². The summed E-state index contributed by atoms with van der Waals surface area (Å²) in [6.07, 6.45) is 9.51. The Labute approximate surface area is 130 Å². The molecule has 0 radical (unpaired) electrons. The number of rotatable bonds is 4. The zero-order valence-electron chi connectivity index (χ0n) is 12.7. The Balaban J connectivity index is 1.44. The maximum atomic E-state index is 12.5. The van der Waals surface area contributed by atoms with Crippen molar-refractivity contribution in [3.63, 3.8) is 0 Å². The van der Waals surface area contributed by atoms with Gasteiger partial charge < -0.3 is 5.32 Å². The zero-order chi connectivity index (χ0) is 15.0. The number of nitrogens with one attached hydrogen (secondary N) is 1. The van der Waals surface area contributed by atoms with Crippen molar-refractivity contribution in [3.05, 3.63) is 53.9 Å². The van der Waals surface area contributed by atoms with Crippen LogP contribution in [0.5, 0.6) is 0 Å². The van der Waals surface area contributed by atoms with Gasteiger partial charge in [0.15, 0.2) is 0 Å². The number of hydrogen-bond donors (Lipinski definition) is 1. The summed E-state index contributed by atoms with van der Waals surface area (Å²) in [5.41, 5.74) is 1.93. The van der Waals surface area contributed by atoms with Gasteiger partial charge in [-0.3, -0.25) is 9.48 Å². The van der Waals surface area contributed by atoms with E-state index in [1.165, 1.54) is 18.4 Å². The van der Waals surface area contributed by atoms with Crippen molar-refractivity contribution in [1.82, 2.24) is 15.1 Å². The van der Waals surface area contributed by atoms with E-state index >= 15 is 0 Å². The lowest BCUT2D eigenvalue weighted by molar-refractivity contribution is 0.0901. The fraction of sp³-hybridized carbons (Fsp3) is 0.444. The van der Waals surface area contributed by atoms with Gasteiger partial charge in [-0.25, -0.2) is 0 Å². The summed E-state index contributed by atoms with van der Waals surface area (Å²) in [6.45, 7) is 0.696. The van der Waals surface area contributed by atoms with Gasteiger partial charge in [0, 0.05) is 11.7 Å². The van der Waals surface area contributed by atoms with Crippen LogP contribution in [-0.4, -0.2) is 21.2 Å². The number of benzene rings is 1. The third-order valence-corrected chi connectivity index (χ3v) is 5.20. The summed E-state index contributed by atoms with van der Waals surface area (Å²) in [5.74, 6) is 0.864. The minimum absolute atomic E-state index is 0.0295. The maximum Gasteiger partial charge on any atom is 0.254 e. The standard InChI is InChI=1S/C18H21N3O/c22-17(20-18-8-6-14(10-18)7-9-18)16-11-19-21(13-16)12-15-4-2-1-3-5-15/h1-5,11,13-14H,6-10,12H2,(H,20,22). The van der Waals surface area contributed by atoms with Gasteiger partial charge in [-0.15, -0.1) is 0 Å². The molecule has 22 heavy (non-hydrogen) atoms. The number of amides is 1. The molecule has 4 heteroatoms. The highest BCUT2D eigenvalue weighted by Crippen LogP contribution is 2.47. The molecule has 2 aliphatic rings. The van der Waals surface area contributed by atoms with Crippen molar-refractivity contribution >= 4 is 5.91 Å². The number of fused-ring (bicyclic) bond motifs is 2. The molecule has 2 fully saturated rings. The molecule has 2 saturated carbocycles. The average molecular weight is 295 g/mol. The Hall–Kier alpha value is -2.10. The fourth-order valence-corrected chi connectivity index (χ4v) is 4.02. The summed E-state index contributed by atoms with van der Waals surface area (Å²) in [6, 6.07) is 10.2. The lowest BCUT2D eigenvalue weighted by Gasteiger charge is -2.27. The first kappa shape index (κ1) is 13.6. The molecular weight excluding hydrogens is 274 g/mol. The molecule has 114 valence electrons. The largest absolute Gasteiger partial charge is 0.346 e. The van der Waals surface area contributed by atoms with E-state index in [2.05, 4.69) is 22.5 Å². The second kappa shape index (κ2) is 5.27. The molecule has 0 unspecified atom stereocenters. The molecule has 0 spiro atoms. The first-order chi connectivity index (χ1) is 10.7. The number of aromatic nitrogens is 2. The fourth-order valence-electron chi connectivity index (χ4n) is 4.02. The van der Waals surface area contributed by atoms with Crippen LogP contribution in [0.15, 0.2) is 42.7 Å². The Morgan fingerprint density at radius 2 is 2.05 bits per heavy atom. The minimum atomic E-state index is 0.0295. The van der Waals surface area contributed by atoms with Crippen LogP contribution in [0.25, 0.3) is 0 Å². The second-order valence-electron chi connectivity index (χ2n) is 6.79. The van der Waals surface area contributed by atoms with E-state index in [9.17, 15) is 4.79 Å². The molecule has 4 nitrogen and oxygen atoms in total. The molecule has 2 aliphatic carbocycles. The molecule has 1 N–H and O–H groups in total. The summed E-state index contributed by atoms with van der Waals surface area (Å²) >= 11 is 0. The minimum Gasteiger partial charge on any atom is -0.346 e. The first-order valence-corrected chi connectivity index (χ1v) is 8.11. The summed E-state index contributed by atoms with van der Waals surface area (Å²) < 4.78 is 1.83. The quantitative estimate of drug-likeness (QED) is 0.942. The Morgan fingerprint density at radius 1 is 1.27 bits per heavy atom. The normalized spacial score (nSPS) is 26.3. The third kappa shape index (κ3) is 2.54. The summed E-state index contributed by atoms with van der Waals surface area (Å²) in [5, 5.41) is 7.61. The average Bonchev–Trinajstić information content (AvgIpc) is 3.23. The van der Waals surface area contributed by atoms with Crippen LogP contribution in [0.3, 0.4) is 0 Å². The molecule has 0 atom stereocenters. The van der Waals surface area contributed by atoms with Crippen molar-refractivity contribution < 1.29 is 4.79 Å². The molecule has 0 saturated heterocycles. The lowest BCUT2D eigenvalue weighted by Crippen LogP contribution is -2.44. The van der Waals surface area contributed by atoms with Crippen LogP contribution in [0, 0.1) is 5.92 Å². The van der Waals surface area contributed by atoms with Gasteiger partial charge in [-0.2, -0.15) is 5.10 Å². The number of hydrogen-bond acceptors (Lipinski definition) is 2. The maximum absolute atomic E-state index is 12.5. The van der Waals surface area contributed by atoms with E-state index in [0.29, 0.717) is 12.1 Å². The highest BCUT2D eigenvalue weighted by atomic mass is 16.1. The van der Waals surface area contributed by atoms with E-state index in [-0.39, 0.29) is 11.4 Å². The van der Waals surface area contributed by atoms with Crippen LogP contribution in [0.4, 0.5) is 0 Å². The molecule has 1 aromatic heterocycles. The van der Waals surface area contributed by atoms with E-state index in [1.54, 1.807) is 6.20 Å². The predicted molar refractivity (Wildman–Crippen MR) is 84.5 cm³/mol. The predicted octanol–water partition coefficient (Wildman–Crippen LogP) is 2.99. The van der Waals surface area contributed by atoms with Crippen molar-refractivity contribution in [3.8, 4) is 0 Å². The third-order valence-electron chi connectivity index (χ3n) is 5.20. The Bertz CT molecular complexity index is 669. The van der Waals surface area contributed by atoms with Gasteiger partial charge in [0.25, 0.3) is 5.91 Å². The highest BCUT2D eigenvalue weighted by molar-refractivity contribution is 5.94. The molecule has 1 amide bonds. The number of carbonyl (C=O) groups excluding carboxylic acids is 1. The van der Waals surface area contributed by atoms with Crippen LogP contribution in [0.1, 0.15) is 48.0 Å². The van der Waals surface area contributed by atoms with Crippen LogP contribution in [0.2, 0.25) is 0 Å². The van der Waals surface area contributed by atoms with Crippen molar-refractivity contribution in [2.75, 3.05) is 0 Å². The molecule has 1 heterocycles. The lowest BCUT2D eigenvalue weighted by atomic mass is 9.93.